The van der Waals surface area contributed by atoms with E-state index in [1.165, 1.54) is 28.8 Å². The topological polar surface area (TPSA) is 20.3 Å². The van der Waals surface area contributed by atoms with Crippen molar-refractivity contribution in [3.8, 4) is 0 Å². The Balaban J connectivity index is 2.37. The van der Waals surface area contributed by atoms with E-state index in [2.05, 4.69) is 15.9 Å². The summed E-state index contributed by atoms with van der Waals surface area (Å²) in [6, 6.07) is 4.70. The number of carbonyl (C=O) groups is 1. The summed E-state index contributed by atoms with van der Waals surface area (Å²) in [6.07, 6.45) is 1.52. The molecule has 1 aromatic rings. The Kier molecular flexibility index (Phi) is 3.65. The second-order valence-electron chi connectivity index (χ2n) is 3.41. The van der Waals surface area contributed by atoms with Gasteiger partial charge in [0.2, 0.25) is 0 Å². The molecule has 0 N–H and O–H groups in total. The molecule has 0 radical (unpaired) electrons. The van der Waals surface area contributed by atoms with Gasteiger partial charge in [0.15, 0.2) is 0 Å². The van der Waals surface area contributed by atoms with Crippen LogP contribution in [-0.4, -0.2) is 22.2 Å². The van der Waals surface area contributed by atoms with Gasteiger partial charge in [0.1, 0.15) is 10.1 Å². The number of thioether (sulfide) groups is 1. The van der Waals surface area contributed by atoms with Crippen molar-refractivity contribution in [2.24, 2.45) is 0 Å². The molecular weight excluding hydrogens is 325 g/mol. The molecule has 1 saturated heterocycles. The number of rotatable bonds is 1. The van der Waals surface area contributed by atoms with Crippen LogP contribution < -0.4 is 0 Å². The quantitative estimate of drug-likeness (QED) is 0.581. The van der Waals surface area contributed by atoms with Gasteiger partial charge >= 0.3 is 0 Å². The van der Waals surface area contributed by atoms with Crippen LogP contribution in [0.1, 0.15) is 5.56 Å². The number of halogens is 2. The second kappa shape index (κ2) is 4.88. The summed E-state index contributed by atoms with van der Waals surface area (Å²) in [6.45, 7) is 0. The van der Waals surface area contributed by atoms with Crippen molar-refractivity contribution >= 4 is 56.2 Å². The smallest absolute Gasteiger partial charge is 0.265 e. The molecule has 0 unspecified atom stereocenters. The first-order chi connectivity index (χ1) is 7.99. The van der Waals surface area contributed by atoms with Gasteiger partial charge in [-0.15, -0.1) is 0 Å². The maximum atomic E-state index is 13.6. The van der Waals surface area contributed by atoms with Crippen molar-refractivity contribution in [2.75, 3.05) is 7.05 Å². The fourth-order valence-electron chi connectivity index (χ4n) is 1.31. The summed E-state index contributed by atoms with van der Waals surface area (Å²) >= 11 is 9.35. The third kappa shape index (κ3) is 2.59. The fourth-order valence-corrected chi connectivity index (χ4v) is 2.81. The minimum absolute atomic E-state index is 0.192. The maximum absolute atomic E-state index is 13.6. The lowest BCUT2D eigenvalue weighted by Crippen LogP contribution is -2.22. The van der Waals surface area contributed by atoms with Crippen molar-refractivity contribution in [1.82, 2.24) is 4.90 Å². The lowest BCUT2D eigenvalue weighted by molar-refractivity contribution is -0.121. The van der Waals surface area contributed by atoms with Crippen LogP contribution >= 0.6 is 39.9 Å². The van der Waals surface area contributed by atoms with Gasteiger partial charge in [0.25, 0.3) is 5.91 Å². The van der Waals surface area contributed by atoms with Gasteiger partial charge in [-0.1, -0.05) is 46.0 Å². The zero-order valence-electron chi connectivity index (χ0n) is 8.74. The number of hydrogen-bond donors (Lipinski definition) is 0. The van der Waals surface area contributed by atoms with Gasteiger partial charge in [-0.2, -0.15) is 0 Å². The first-order valence-electron chi connectivity index (χ1n) is 4.65. The molecule has 2 nitrogen and oxygen atoms in total. The van der Waals surface area contributed by atoms with Crippen molar-refractivity contribution in [3.05, 3.63) is 39.0 Å². The van der Waals surface area contributed by atoms with E-state index in [1.807, 2.05) is 0 Å². The highest BCUT2D eigenvalue weighted by molar-refractivity contribution is 9.10. The van der Waals surface area contributed by atoms with E-state index in [-0.39, 0.29) is 11.7 Å². The Morgan fingerprint density at radius 3 is 2.76 bits per heavy atom. The summed E-state index contributed by atoms with van der Waals surface area (Å²) in [7, 11) is 1.61. The summed E-state index contributed by atoms with van der Waals surface area (Å²) in [5.74, 6) is -0.567. The summed E-state index contributed by atoms with van der Waals surface area (Å²) < 4.78 is 14.7. The van der Waals surface area contributed by atoms with Gasteiger partial charge < -0.3 is 0 Å². The summed E-state index contributed by atoms with van der Waals surface area (Å²) in [5, 5.41) is 0. The van der Waals surface area contributed by atoms with Crippen molar-refractivity contribution < 1.29 is 9.18 Å². The van der Waals surface area contributed by atoms with Gasteiger partial charge in [-0.25, -0.2) is 4.39 Å². The third-order valence-electron chi connectivity index (χ3n) is 2.24. The molecule has 1 amide bonds. The molecular formula is C11H7BrFNOS2. The number of hydrogen-bond acceptors (Lipinski definition) is 3. The highest BCUT2D eigenvalue weighted by Gasteiger charge is 2.28. The molecule has 1 heterocycles. The molecule has 0 atom stereocenters. The molecule has 88 valence electrons. The first-order valence-corrected chi connectivity index (χ1v) is 6.67. The number of likely N-dealkylation sites (N-methyl/N-ethyl adjacent to an activating group) is 1. The highest BCUT2D eigenvalue weighted by atomic mass is 79.9. The van der Waals surface area contributed by atoms with Crippen LogP contribution in [0.2, 0.25) is 0 Å². The summed E-state index contributed by atoms with van der Waals surface area (Å²) in [5.41, 5.74) is 0.377. The first kappa shape index (κ1) is 12.7. The highest BCUT2D eigenvalue weighted by Crippen LogP contribution is 2.32. The zero-order valence-corrected chi connectivity index (χ0v) is 12.0. The summed E-state index contributed by atoms with van der Waals surface area (Å²) in [4.78, 5) is 13.5. The Bertz CT molecular complexity index is 544. The molecule has 1 aliphatic heterocycles. The fraction of sp³-hybridized carbons (Fsp3) is 0.0909. The molecule has 0 aromatic heterocycles. The van der Waals surface area contributed by atoms with Gasteiger partial charge in [0.05, 0.1) is 4.91 Å². The minimum atomic E-state index is -0.374. The predicted octanol–water partition coefficient (Wildman–Crippen LogP) is 3.42. The van der Waals surface area contributed by atoms with Crippen LogP contribution in [0, 0.1) is 5.82 Å². The van der Waals surface area contributed by atoms with E-state index in [9.17, 15) is 9.18 Å². The number of carbonyl (C=O) groups excluding carboxylic acids is 1. The lowest BCUT2D eigenvalue weighted by Gasteiger charge is -2.03. The molecule has 1 aromatic carbocycles. The molecule has 0 saturated carbocycles. The lowest BCUT2D eigenvalue weighted by atomic mass is 10.2. The number of benzene rings is 1. The molecule has 17 heavy (non-hydrogen) atoms. The van der Waals surface area contributed by atoms with E-state index in [0.29, 0.717) is 19.3 Å². The molecule has 0 bridgehead atoms. The van der Waals surface area contributed by atoms with Crippen molar-refractivity contribution in [1.29, 1.82) is 0 Å². The van der Waals surface area contributed by atoms with E-state index < -0.39 is 0 Å². The Morgan fingerprint density at radius 2 is 2.24 bits per heavy atom. The van der Waals surface area contributed by atoms with Gasteiger partial charge in [-0.3, -0.25) is 9.69 Å². The standard InChI is InChI=1S/C11H7BrFNOS2/c1-14-10(15)9(17-11(14)16)4-6-2-3-7(12)5-8(6)13/h2-5H,1H3/b9-4-. The average molecular weight is 332 g/mol. The van der Waals surface area contributed by atoms with E-state index >= 15 is 0 Å². The van der Waals surface area contributed by atoms with Crippen LogP contribution in [0.4, 0.5) is 4.39 Å². The zero-order chi connectivity index (χ0) is 12.6. The van der Waals surface area contributed by atoms with Gasteiger partial charge in [-0.05, 0) is 18.2 Å². The monoisotopic (exact) mass is 331 g/mol. The van der Waals surface area contributed by atoms with Crippen LogP contribution in [0.5, 0.6) is 0 Å². The number of thiocarbonyl (C=S) groups is 1. The third-order valence-corrected chi connectivity index (χ3v) is 4.21. The molecule has 0 aliphatic carbocycles. The Hall–Kier alpha value is -0.720. The Morgan fingerprint density at radius 1 is 1.53 bits per heavy atom. The SMILES string of the molecule is CN1C(=O)/C(=C/c2ccc(Br)cc2F)SC1=S. The predicted molar refractivity (Wildman–Crippen MR) is 75.0 cm³/mol. The van der Waals surface area contributed by atoms with Crippen molar-refractivity contribution in [2.45, 2.75) is 0 Å². The van der Waals surface area contributed by atoms with E-state index in [1.54, 1.807) is 19.2 Å². The normalized spacial score (nSPS) is 18.3. The average Bonchev–Trinajstić information content (AvgIpc) is 2.50. The molecule has 6 heteroatoms. The molecule has 1 fully saturated rings. The molecule has 1 aliphatic rings. The van der Waals surface area contributed by atoms with Crippen molar-refractivity contribution in [3.63, 3.8) is 0 Å². The van der Waals surface area contributed by atoms with Crippen LogP contribution in [0.15, 0.2) is 27.6 Å². The van der Waals surface area contributed by atoms with Crippen LogP contribution in [0.25, 0.3) is 6.08 Å². The largest absolute Gasteiger partial charge is 0.296 e. The van der Waals surface area contributed by atoms with E-state index in [4.69, 9.17) is 12.2 Å². The number of nitrogens with zero attached hydrogens (tertiary/aromatic N) is 1. The molecule has 0 spiro atoms. The molecule has 2 rings (SSSR count). The van der Waals surface area contributed by atoms with Gasteiger partial charge in [0, 0.05) is 17.1 Å². The maximum Gasteiger partial charge on any atom is 0.265 e. The van der Waals surface area contributed by atoms with Crippen LogP contribution in [0.3, 0.4) is 0 Å². The number of amides is 1. The Labute approximate surface area is 116 Å². The van der Waals surface area contributed by atoms with E-state index in [0.717, 1.165) is 0 Å². The van der Waals surface area contributed by atoms with Crippen LogP contribution in [-0.2, 0) is 4.79 Å². The second-order valence-corrected chi connectivity index (χ2v) is 6.00. The minimum Gasteiger partial charge on any atom is -0.296 e.